The maximum absolute atomic E-state index is 12.5. The number of methoxy groups -OCH3 is 1. The summed E-state index contributed by atoms with van der Waals surface area (Å²) in [4.78, 5) is 24.0. The van der Waals surface area contributed by atoms with Crippen molar-refractivity contribution in [3.63, 3.8) is 0 Å². The molecule has 0 aliphatic carbocycles. The second-order valence-electron chi connectivity index (χ2n) is 4.25. The second kappa shape index (κ2) is 6.16. The molecule has 2 rings (SSSR count). The van der Waals surface area contributed by atoms with Crippen molar-refractivity contribution in [2.45, 2.75) is 0 Å². The van der Waals surface area contributed by atoms with Crippen LogP contribution in [-0.2, 0) is 4.74 Å². The van der Waals surface area contributed by atoms with Gasteiger partial charge in [0.25, 0.3) is 0 Å². The molecule has 2 N–H and O–H groups in total. The fourth-order valence-corrected chi connectivity index (χ4v) is 2.28. The molecule has 21 heavy (non-hydrogen) atoms. The van der Waals surface area contributed by atoms with Crippen LogP contribution in [0.25, 0.3) is 0 Å². The van der Waals surface area contributed by atoms with Gasteiger partial charge >= 0.3 is 5.97 Å². The average molecular weight is 324 g/mol. The average Bonchev–Trinajstić information content (AvgIpc) is 2.46. The van der Waals surface area contributed by atoms with Crippen LogP contribution in [0.4, 0.5) is 5.69 Å². The van der Waals surface area contributed by atoms with Crippen LogP contribution < -0.4 is 5.73 Å². The van der Waals surface area contributed by atoms with Gasteiger partial charge in [-0.15, -0.1) is 0 Å². The number of anilines is 1. The molecule has 0 bridgehead atoms. The Hall–Kier alpha value is -2.04. The van der Waals surface area contributed by atoms with Gasteiger partial charge in [-0.1, -0.05) is 23.2 Å². The van der Waals surface area contributed by atoms with Gasteiger partial charge in [0.2, 0.25) is 0 Å². The fraction of sp³-hybridized carbons (Fsp3) is 0.0667. The molecule has 0 aliphatic heterocycles. The van der Waals surface area contributed by atoms with E-state index in [1.165, 1.54) is 37.4 Å². The molecule has 108 valence electrons. The summed E-state index contributed by atoms with van der Waals surface area (Å²) >= 11 is 12.1. The van der Waals surface area contributed by atoms with E-state index >= 15 is 0 Å². The lowest BCUT2D eigenvalue weighted by molar-refractivity contribution is 0.0600. The first-order chi connectivity index (χ1) is 9.93. The number of nitrogen functional groups attached to an aromatic ring is 1. The summed E-state index contributed by atoms with van der Waals surface area (Å²) in [5, 5.41) is 0.445. The normalized spacial score (nSPS) is 10.2. The molecule has 0 heterocycles. The van der Waals surface area contributed by atoms with Crippen LogP contribution >= 0.6 is 23.2 Å². The quantitative estimate of drug-likeness (QED) is 0.532. The maximum atomic E-state index is 12.5. The standard InChI is InChI=1S/C15H11Cl2NO3/c1-21-15(20)8-2-5-12(16)11(6-8)14(19)10-4-3-9(18)7-13(10)17/h2-7H,18H2,1H3. The Bertz CT molecular complexity index is 729. The summed E-state index contributed by atoms with van der Waals surface area (Å²) in [7, 11) is 1.26. The van der Waals surface area contributed by atoms with Crippen molar-refractivity contribution in [2.24, 2.45) is 0 Å². The van der Waals surface area contributed by atoms with Crippen LogP contribution in [0.2, 0.25) is 10.0 Å². The first-order valence-corrected chi connectivity index (χ1v) is 6.67. The van der Waals surface area contributed by atoms with Crippen molar-refractivity contribution >= 4 is 40.6 Å². The van der Waals surface area contributed by atoms with E-state index in [-0.39, 0.29) is 26.7 Å². The highest BCUT2D eigenvalue weighted by Crippen LogP contribution is 2.26. The Morgan fingerprint density at radius 1 is 1.00 bits per heavy atom. The topological polar surface area (TPSA) is 69.4 Å². The Labute approximate surface area is 131 Å². The number of halogens is 2. The van der Waals surface area contributed by atoms with Crippen molar-refractivity contribution in [3.05, 3.63) is 63.1 Å². The van der Waals surface area contributed by atoms with Gasteiger partial charge < -0.3 is 10.5 Å². The molecule has 0 fully saturated rings. The summed E-state index contributed by atoms with van der Waals surface area (Å²) in [6, 6.07) is 8.89. The van der Waals surface area contributed by atoms with Crippen LogP contribution in [0, 0.1) is 0 Å². The largest absolute Gasteiger partial charge is 0.465 e. The van der Waals surface area contributed by atoms with E-state index in [0.29, 0.717) is 5.69 Å². The molecule has 0 saturated heterocycles. The molecule has 0 saturated carbocycles. The van der Waals surface area contributed by atoms with Crippen molar-refractivity contribution in [1.82, 2.24) is 0 Å². The highest BCUT2D eigenvalue weighted by Gasteiger charge is 2.18. The maximum Gasteiger partial charge on any atom is 0.337 e. The van der Waals surface area contributed by atoms with Crippen molar-refractivity contribution < 1.29 is 14.3 Å². The number of carbonyl (C=O) groups excluding carboxylic acids is 2. The zero-order valence-electron chi connectivity index (χ0n) is 11.0. The number of esters is 1. The van der Waals surface area contributed by atoms with Crippen LogP contribution in [0.5, 0.6) is 0 Å². The van der Waals surface area contributed by atoms with E-state index in [2.05, 4.69) is 4.74 Å². The smallest absolute Gasteiger partial charge is 0.337 e. The third-order valence-electron chi connectivity index (χ3n) is 2.87. The molecule has 0 spiro atoms. The number of benzene rings is 2. The number of carbonyl (C=O) groups is 2. The summed E-state index contributed by atoms with van der Waals surface area (Å²) < 4.78 is 4.62. The minimum absolute atomic E-state index is 0.172. The third-order valence-corrected chi connectivity index (χ3v) is 3.51. The van der Waals surface area contributed by atoms with E-state index in [1.807, 2.05) is 0 Å². The van der Waals surface area contributed by atoms with Crippen molar-refractivity contribution in [2.75, 3.05) is 12.8 Å². The van der Waals surface area contributed by atoms with Gasteiger partial charge in [-0.3, -0.25) is 4.79 Å². The highest BCUT2D eigenvalue weighted by atomic mass is 35.5. The predicted octanol–water partition coefficient (Wildman–Crippen LogP) is 3.59. The lowest BCUT2D eigenvalue weighted by Gasteiger charge is -2.08. The first kappa shape index (κ1) is 15.4. The molecule has 6 heteroatoms. The lowest BCUT2D eigenvalue weighted by Crippen LogP contribution is -2.07. The summed E-state index contributed by atoms with van der Waals surface area (Å²) in [6.07, 6.45) is 0. The zero-order valence-corrected chi connectivity index (χ0v) is 12.5. The SMILES string of the molecule is COC(=O)c1ccc(Cl)c(C(=O)c2ccc(N)cc2Cl)c1. The van der Waals surface area contributed by atoms with E-state index in [4.69, 9.17) is 28.9 Å². The van der Waals surface area contributed by atoms with Gasteiger partial charge in [0.1, 0.15) is 0 Å². The second-order valence-corrected chi connectivity index (χ2v) is 5.07. The molecule has 0 radical (unpaired) electrons. The molecule has 0 amide bonds. The number of ketones is 1. The zero-order chi connectivity index (χ0) is 15.6. The van der Waals surface area contributed by atoms with Gasteiger partial charge in [0, 0.05) is 16.8 Å². The van der Waals surface area contributed by atoms with Crippen molar-refractivity contribution in [1.29, 1.82) is 0 Å². The third kappa shape index (κ3) is 3.17. The first-order valence-electron chi connectivity index (χ1n) is 5.91. The molecular weight excluding hydrogens is 313 g/mol. The fourth-order valence-electron chi connectivity index (χ4n) is 1.80. The lowest BCUT2D eigenvalue weighted by atomic mass is 10.0. The summed E-state index contributed by atoms with van der Waals surface area (Å²) in [5.74, 6) is -0.945. The number of hydrogen-bond donors (Lipinski definition) is 1. The van der Waals surface area contributed by atoms with Crippen molar-refractivity contribution in [3.8, 4) is 0 Å². The number of rotatable bonds is 3. The minimum Gasteiger partial charge on any atom is -0.465 e. The van der Waals surface area contributed by atoms with E-state index in [0.717, 1.165) is 0 Å². The Kier molecular flexibility index (Phi) is 4.50. The molecule has 4 nitrogen and oxygen atoms in total. The van der Waals surface area contributed by atoms with E-state index in [9.17, 15) is 9.59 Å². The highest BCUT2D eigenvalue weighted by molar-refractivity contribution is 6.38. The van der Waals surface area contributed by atoms with Gasteiger partial charge in [-0.05, 0) is 36.4 Å². The predicted molar refractivity (Wildman–Crippen MR) is 82.1 cm³/mol. The van der Waals surface area contributed by atoms with Gasteiger partial charge in [0.15, 0.2) is 5.78 Å². The van der Waals surface area contributed by atoms with Gasteiger partial charge in [0.05, 0.1) is 22.7 Å². The molecule has 0 unspecified atom stereocenters. The summed E-state index contributed by atoms with van der Waals surface area (Å²) in [6.45, 7) is 0. The van der Waals surface area contributed by atoms with Crippen LogP contribution in [0.15, 0.2) is 36.4 Å². The molecule has 0 aliphatic rings. The number of ether oxygens (including phenoxy) is 1. The van der Waals surface area contributed by atoms with E-state index < -0.39 is 11.8 Å². The molecular formula is C15H11Cl2NO3. The monoisotopic (exact) mass is 323 g/mol. The molecule has 0 aromatic heterocycles. The van der Waals surface area contributed by atoms with Crippen LogP contribution in [-0.4, -0.2) is 18.9 Å². The summed E-state index contributed by atoms with van der Waals surface area (Å²) in [5.41, 5.74) is 6.71. The number of hydrogen-bond acceptors (Lipinski definition) is 4. The van der Waals surface area contributed by atoms with Gasteiger partial charge in [-0.25, -0.2) is 4.79 Å². The van der Waals surface area contributed by atoms with E-state index in [1.54, 1.807) is 6.07 Å². The minimum atomic E-state index is -0.552. The number of nitrogens with two attached hydrogens (primary N) is 1. The Balaban J connectivity index is 2.50. The molecule has 0 atom stereocenters. The molecule has 2 aromatic rings. The Morgan fingerprint density at radius 2 is 1.71 bits per heavy atom. The Morgan fingerprint density at radius 3 is 2.33 bits per heavy atom. The van der Waals surface area contributed by atoms with Gasteiger partial charge in [-0.2, -0.15) is 0 Å². The van der Waals surface area contributed by atoms with Crippen LogP contribution in [0.3, 0.4) is 0 Å². The van der Waals surface area contributed by atoms with Crippen LogP contribution in [0.1, 0.15) is 26.3 Å². The molecule has 2 aromatic carbocycles.